The Hall–Kier alpha value is -3.74. The molecule has 0 saturated carbocycles. The predicted molar refractivity (Wildman–Crippen MR) is 144 cm³/mol. The van der Waals surface area contributed by atoms with E-state index in [0.717, 1.165) is 12.5 Å². The number of nitrogens with zero attached hydrogens (tertiary/aromatic N) is 4. The smallest absolute Gasteiger partial charge is 0.421 e. The second-order valence-electron chi connectivity index (χ2n) is 10.3. The van der Waals surface area contributed by atoms with Gasteiger partial charge in [-0.25, -0.2) is 19.2 Å². The highest BCUT2D eigenvalue weighted by molar-refractivity contribution is 6.30. The van der Waals surface area contributed by atoms with E-state index < -0.39 is 35.0 Å². The fourth-order valence-corrected chi connectivity index (χ4v) is 5.35. The minimum Gasteiger partial charge on any atom is -0.478 e. The molecule has 2 aromatic carbocycles. The Labute approximate surface area is 242 Å². The van der Waals surface area contributed by atoms with Gasteiger partial charge in [0.2, 0.25) is 5.88 Å². The molecule has 13 heteroatoms. The van der Waals surface area contributed by atoms with Crippen molar-refractivity contribution in [3.05, 3.63) is 87.1 Å². The maximum atomic E-state index is 15.3. The van der Waals surface area contributed by atoms with Crippen LogP contribution < -0.4 is 4.74 Å². The van der Waals surface area contributed by atoms with E-state index in [0.29, 0.717) is 59.3 Å². The number of carboxylic acid groups (broad SMARTS) is 1. The van der Waals surface area contributed by atoms with E-state index in [2.05, 4.69) is 9.97 Å². The molecule has 42 heavy (non-hydrogen) atoms. The molecule has 2 aromatic heterocycles. The minimum absolute atomic E-state index is 0.0867. The second kappa shape index (κ2) is 11.2. The molecule has 4 aromatic rings. The van der Waals surface area contributed by atoms with Crippen molar-refractivity contribution >= 4 is 28.6 Å². The molecule has 1 atom stereocenters. The van der Waals surface area contributed by atoms with Crippen LogP contribution in [0.3, 0.4) is 0 Å². The van der Waals surface area contributed by atoms with Gasteiger partial charge in [-0.05, 0) is 54.3 Å². The van der Waals surface area contributed by atoms with Crippen LogP contribution in [-0.4, -0.2) is 49.8 Å². The zero-order valence-electron chi connectivity index (χ0n) is 22.1. The first kappa shape index (κ1) is 28.4. The Morgan fingerprint density at radius 1 is 1.17 bits per heavy atom. The van der Waals surface area contributed by atoms with E-state index >= 15 is 4.39 Å². The first-order valence-electron chi connectivity index (χ1n) is 13.3. The lowest BCUT2D eigenvalue weighted by Crippen LogP contribution is -2.34. The Morgan fingerprint density at radius 3 is 2.60 bits per heavy atom. The van der Waals surface area contributed by atoms with Crippen molar-refractivity contribution in [3.63, 3.8) is 0 Å². The lowest BCUT2D eigenvalue weighted by molar-refractivity contribution is -0.139. The number of alkyl halides is 3. The standard InChI is InChI=1S/C29H25ClF4N4O4/c30-18-3-1-16(2-4-18)15-42-27-21(29(32,33)34)11-17-7-9-37(13-23(17)36-27)14-24-35-22-6-5-20(28(39)40)25(31)26(22)38(24)12-19-8-10-41-19/h1-6,11,19H,7-10,12-15H2,(H,39,40)/t19-/m0/s1. The van der Waals surface area contributed by atoms with Gasteiger partial charge in [-0.15, -0.1) is 0 Å². The molecule has 1 N–H and O–H groups in total. The number of carbonyl (C=O) groups is 1. The summed E-state index contributed by atoms with van der Waals surface area (Å²) in [6.07, 6.45) is -3.71. The number of aromatic carboxylic acids is 1. The van der Waals surface area contributed by atoms with E-state index in [1.165, 1.54) is 12.1 Å². The number of rotatable bonds is 8. The van der Waals surface area contributed by atoms with Gasteiger partial charge >= 0.3 is 12.1 Å². The molecule has 4 heterocycles. The van der Waals surface area contributed by atoms with E-state index in [1.807, 2.05) is 4.90 Å². The van der Waals surface area contributed by atoms with Gasteiger partial charge in [-0.2, -0.15) is 13.2 Å². The number of halogens is 5. The van der Waals surface area contributed by atoms with Crippen LogP contribution >= 0.6 is 11.6 Å². The number of pyridine rings is 1. The molecule has 0 aliphatic carbocycles. The SMILES string of the molecule is O=C(O)c1ccc2nc(CN3CCc4cc(C(F)(F)F)c(OCc5ccc(Cl)cc5)nc4C3)n(C[C@@H]3CCO3)c2c1F. The fraction of sp³-hybridized carbons (Fsp3) is 0.345. The molecule has 8 nitrogen and oxygen atoms in total. The highest BCUT2D eigenvalue weighted by Gasteiger charge is 2.37. The van der Waals surface area contributed by atoms with Crippen molar-refractivity contribution < 1.29 is 36.9 Å². The van der Waals surface area contributed by atoms with Crippen LogP contribution in [0.4, 0.5) is 17.6 Å². The summed E-state index contributed by atoms with van der Waals surface area (Å²) in [7, 11) is 0. The maximum Gasteiger partial charge on any atom is 0.421 e. The number of carboxylic acids is 1. The molecule has 0 bridgehead atoms. The third kappa shape index (κ3) is 5.66. The molecule has 1 saturated heterocycles. The average Bonchev–Trinajstić information content (AvgIpc) is 3.26. The molecule has 0 radical (unpaired) electrons. The number of hydrogen-bond acceptors (Lipinski definition) is 6. The third-order valence-electron chi connectivity index (χ3n) is 7.52. The van der Waals surface area contributed by atoms with Crippen molar-refractivity contribution in [2.75, 3.05) is 13.2 Å². The summed E-state index contributed by atoms with van der Waals surface area (Å²) in [5.41, 5.74) is 0.582. The second-order valence-corrected chi connectivity index (χ2v) is 10.8. The van der Waals surface area contributed by atoms with E-state index in [4.69, 9.17) is 21.1 Å². The summed E-state index contributed by atoms with van der Waals surface area (Å²) in [6.45, 7) is 1.65. The molecule has 2 aliphatic heterocycles. The van der Waals surface area contributed by atoms with E-state index in [9.17, 15) is 23.1 Å². The Morgan fingerprint density at radius 2 is 1.93 bits per heavy atom. The highest BCUT2D eigenvalue weighted by atomic mass is 35.5. The first-order chi connectivity index (χ1) is 20.1. The monoisotopic (exact) mass is 604 g/mol. The van der Waals surface area contributed by atoms with Crippen molar-refractivity contribution in [3.8, 4) is 5.88 Å². The van der Waals surface area contributed by atoms with Crippen LogP contribution in [0.2, 0.25) is 5.02 Å². The van der Waals surface area contributed by atoms with Crippen LogP contribution in [0.25, 0.3) is 11.0 Å². The van der Waals surface area contributed by atoms with Gasteiger partial charge in [0, 0.05) is 24.7 Å². The average molecular weight is 605 g/mol. The Balaban J connectivity index is 1.28. The number of aromatic nitrogens is 3. The number of ether oxygens (including phenoxy) is 2. The molecular weight excluding hydrogens is 580 g/mol. The third-order valence-corrected chi connectivity index (χ3v) is 7.77. The van der Waals surface area contributed by atoms with Gasteiger partial charge in [-0.3, -0.25) is 4.90 Å². The van der Waals surface area contributed by atoms with Crippen LogP contribution in [0, 0.1) is 5.82 Å². The van der Waals surface area contributed by atoms with Crippen molar-refractivity contribution in [2.45, 2.75) is 51.4 Å². The summed E-state index contributed by atoms with van der Waals surface area (Å²) >= 11 is 5.90. The van der Waals surface area contributed by atoms with Gasteiger partial charge in [0.1, 0.15) is 23.5 Å². The van der Waals surface area contributed by atoms with Gasteiger partial charge in [-0.1, -0.05) is 23.7 Å². The summed E-state index contributed by atoms with van der Waals surface area (Å²) in [6, 6.07) is 10.3. The number of hydrogen-bond donors (Lipinski definition) is 1. The maximum absolute atomic E-state index is 15.3. The van der Waals surface area contributed by atoms with Crippen LogP contribution in [0.15, 0.2) is 42.5 Å². The van der Waals surface area contributed by atoms with Crippen molar-refractivity contribution in [2.24, 2.45) is 0 Å². The molecule has 0 amide bonds. The first-order valence-corrected chi connectivity index (χ1v) is 13.7. The van der Waals surface area contributed by atoms with Gasteiger partial charge in [0.15, 0.2) is 5.82 Å². The van der Waals surface area contributed by atoms with E-state index in [1.54, 1.807) is 28.8 Å². The predicted octanol–water partition coefficient (Wildman–Crippen LogP) is 5.87. The molecule has 6 rings (SSSR count). The van der Waals surface area contributed by atoms with Gasteiger partial charge in [0.05, 0.1) is 36.0 Å². The Kier molecular flexibility index (Phi) is 7.54. The van der Waals surface area contributed by atoms with Crippen molar-refractivity contribution in [1.29, 1.82) is 0 Å². The number of imidazole rings is 1. The summed E-state index contributed by atoms with van der Waals surface area (Å²) in [4.78, 5) is 22.4. The fourth-order valence-electron chi connectivity index (χ4n) is 5.22. The zero-order valence-corrected chi connectivity index (χ0v) is 22.9. The molecule has 0 spiro atoms. The summed E-state index contributed by atoms with van der Waals surface area (Å²) < 4.78 is 69.8. The van der Waals surface area contributed by atoms with Gasteiger partial charge < -0.3 is 19.1 Å². The number of benzene rings is 2. The summed E-state index contributed by atoms with van der Waals surface area (Å²) in [5.74, 6) is -2.26. The van der Waals surface area contributed by atoms with E-state index in [-0.39, 0.29) is 31.3 Å². The largest absolute Gasteiger partial charge is 0.478 e. The lowest BCUT2D eigenvalue weighted by atomic mass is 10.0. The summed E-state index contributed by atoms with van der Waals surface area (Å²) in [5, 5.41) is 9.93. The molecule has 2 aliphatic rings. The molecule has 1 fully saturated rings. The van der Waals surface area contributed by atoms with Crippen molar-refractivity contribution in [1.82, 2.24) is 19.4 Å². The quantitative estimate of drug-likeness (QED) is 0.252. The van der Waals surface area contributed by atoms with Crippen LogP contribution in [0.5, 0.6) is 5.88 Å². The van der Waals surface area contributed by atoms with Crippen LogP contribution in [0.1, 0.15) is 45.0 Å². The van der Waals surface area contributed by atoms with Crippen LogP contribution in [-0.2, 0) is 43.6 Å². The molecule has 220 valence electrons. The highest BCUT2D eigenvalue weighted by Crippen LogP contribution is 2.38. The Bertz CT molecular complexity index is 1650. The number of fused-ring (bicyclic) bond motifs is 2. The topological polar surface area (TPSA) is 89.7 Å². The minimum atomic E-state index is -4.65. The van der Waals surface area contributed by atoms with Gasteiger partial charge in [0.25, 0.3) is 0 Å². The zero-order chi connectivity index (χ0) is 29.6. The lowest BCUT2D eigenvalue weighted by Gasteiger charge is -2.30. The molecular formula is C29H25ClF4N4O4. The normalized spacial score (nSPS) is 17.2. The molecule has 0 unspecified atom stereocenters.